The maximum absolute atomic E-state index is 11.1. The van der Waals surface area contributed by atoms with Crippen LogP contribution in [0.2, 0.25) is 5.02 Å². The molecule has 1 saturated carbocycles. The predicted molar refractivity (Wildman–Crippen MR) is 48.4 cm³/mol. The summed E-state index contributed by atoms with van der Waals surface area (Å²) in [5.41, 5.74) is 1.11. The topological polar surface area (TPSA) is 17.1 Å². The largest absolute Gasteiger partial charge is 0.299 e. The van der Waals surface area contributed by atoms with Crippen LogP contribution in [0.25, 0.3) is 0 Å². The molecule has 0 aromatic heterocycles. The average molecular weight is 181 g/mol. The van der Waals surface area contributed by atoms with Gasteiger partial charge in [-0.05, 0) is 24.1 Å². The summed E-state index contributed by atoms with van der Waals surface area (Å²) in [6.07, 6.45) is 1.74. The van der Waals surface area contributed by atoms with Gasteiger partial charge in [0, 0.05) is 17.4 Å². The van der Waals surface area contributed by atoms with Crippen molar-refractivity contribution in [2.45, 2.75) is 18.8 Å². The number of ketones is 1. The Kier molecular flexibility index (Phi) is 1.89. The Labute approximate surface area is 76.4 Å². The van der Waals surface area contributed by atoms with Crippen molar-refractivity contribution in [2.75, 3.05) is 0 Å². The Balaban J connectivity index is 2.23. The lowest BCUT2D eigenvalue weighted by Gasteiger charge is -2.23. The van der Waals surface area contributed by atoms with Gasteiger partial charge in [-0.3, -0.25) is 4.79 Å². The van der Waals surface area contributed by atoms with Crippen molar-refractivity contribution in [2.24, 2.45) is 0 Å². The predicted octanol–water partition coefficient (Wildman–Crippen LogP) is 2.79. The lowest BCUT2D eigenvalue weighted by atomic mass is 9.79. The Morgan fingerprint density at radius 3 is 2.33 bits per heavy atom. The molecule has 0 aliphatic heterocycles. The number of Topliss-reactive ketones (excluding diaryl/α,β-unsaturated/α-hetero) is 1. The highest BCUT2D eigenvalue weighted by Crippen LogP contribution is 2.33. The first-order valence-corrected chi connectivity index (χ1v) is 4.43. The molecule has 0 spiro atoms. The third-order valence-electron chi connectivity index (χ3n) is 2.34. The second-order valence-electron chi connectivity index (χ2n) is 3.11. The molecule has 12 heavy (non-hydrogen) atoms. The summed E-state index contributed by atoms with van der Waals surface area (Å²) >= 11 is 5.73. The molecule has 0 radical (unpaired) electrons. The molecule has 0 heterocycles. The van der Waals surface area contributed by atoms with Crippen molar-refractivity contribution < 1.29 is 4.79 Å². The van der Waals surface area contributed by atoms with Gasteiger partial charge in [-0.25, -0.2) is 0 Å². The van der Waals surface area contributed by atoms with E-state index in [4.69, 9.17) is 11.6 Å². The second-order valence-corrected chi connectivity index (χ2v) is 3.55. The van der Waals surface area contributed by atoms with Gasteiger partial charge in [-0.2, -0.15) is 0 Å². The summed E-state index contributed by atoms with van der Waals surface area (Å²) < 4.78 is 0. The van der Waals surface area contributed by atoms with Crippen molar-refractivity contribution in [3.05, 3.63) is 34.9 Å². The van der Waals surface area contributed by atoms with Gasteiger partial charge in [0.1, 0.15) is 5.78 Å². The number of halogens is 1. The zero-order valence-electron chi connectivity index (χ0n) is 6.59. The fourth-order valence-electron chi connectivity index (χ4n) is 1.45. The molecule has 1 aliphatic carbocycles. The molecule has 1 aromatic carbocycles. The van der Waals surface area contributed by atoms with Gasteiger partial charge in [0.15, 0.2) is 0 Å². The minimum Gasteiger partial charge on any atom is -0.299 e. The highest BCUT2D eigenvalue weighted by atomic mass is 35.5. The van der Waals surface area contributed by atoms with Crippen LogP contribution in [0, 0.1) is 0 Å². The van der Waals surface area contributed by atoms with E-state index in [-0.39, 0.29) is 5.92 Å². The van der Waals surface area contributed by atoms with E-state index in [0.29, 0.717) is 5.78 Å². The quantitative estimate of drug-likeness (QED) is 0.650. The molecule has 0 unspecified atom stereocenters. The maximum Gasteiger partial charge on any atom is 0.140 e. The average Bonchev–Trinajstić information content (AvgIpc) is 2.06. The van der Waals surface area contributed by atoms with Crippen LogP contribution in [-0.2, 0) is 4.79 Å². The van der Waals surface area contributed by atoms with Gasteiger partial charge < -0.3 is 0 Å². The van der Waals surface area contributed by atoms with Gasteiger partial charge >= 0.3 is 0 Å². The summed E-state index contributed by atoms with van der Waals surface area (Å²) in [6, 6.07) is 7.54. The zero-order chi connectivity index (χ0) is 8.55. The van der Waals surface area contributed by atoms with Gasteiger partial charge in [0.25, 0.3) is 0 Å². The van der Waals surface area contributed by atoms with Crippen LogP contribution in [-0.4, -0.2) is 5.78 Å². The molecule has 2 rings (SSSR count). The van der Waals surface area contributed by atoms with Gasteiger partial charge in [-0.1, -0.05) is 23.7 Å². The molecule has 1 fully saturated rings. The molecule has 0 N–H and O–H groups in total. The first-order chi connectivity index (χ1) is 5.77. The van der Waals surface area contributed by atoms with Crippen LogP contribution in [0.3, 0.4) is 0 Å². The first-order valence-electron chi connectivity index (χ1n) is 4.05. The van der Waals surface area contributed by atoms with E-state index in [1.54, 1.807) is 0 Å². The Hall–Kier alpha value is -0.820. The number of benzene rings is 1. The maximum atomic E-state index is 11.1. The van der Waals surface area contributed by atoms with E-state index in [2.05, 4.69) is 0 Å². The molecule has 0 bridgehead atoms. The highest BCUT2D eigenvalue weighted by Gasteiger charge is 2.28. The van der Waals surface area contributed by atoms with Crippen molar-refractivity contribution in [3.8, 4) is 0 Å². The summed E-state index contributed by atoms with van der Waals surface area (Å²) in [6.45, 7) is 0. The smallest absolute Gasteiger partial charge is 0.140 e. The van der Waals surface area contributed by atoms with E-state index < -0.39 is 0 Å². The van der Waals surface area contributed by atoms with Gasteiger partial charge in [-0.15, -0.1) is 0 Å². The zero-order valence-corrected chi connectivity index (χ0v) is 7.34. The molecule has 1 aromatic rings. The second kappa shape index (κ2) is 2.91. The fraction of sp³-hybridized carbons (Fsp3) is 0.300. The van der Waals surface area contributed by atoms with E-state index >= 15 is 0 Å². The Morgan fingerprint density at radius 2 is 1.92 bits per heavy atom. The molecule has 1 atom stereocenters. The minimum absolute atomic E-state index is 0.155. The van der Waals surface area contributed by atoms with Crippen molar-refractivity contribution in [1.82, 2.24) is 0 Å². The standard InChI is InChI=1S/C10H9ClO/c11-8-3-1-7(2-4-8)9-5-6-10(9)12/h1-4,9H,5-6H2/t9-/m0/s1. The normalized spacial score (nSPS) is 22.1. The van der Waals surface area contributed by atoms with Crippen molar-refractivity contribution in [1.29, 1.82) is 0 Å². The van der Waals surface area contributed by atoms with E-state index in [1.165, 1.54) is 0 Å². The van der Waals surface area contributed by atoms with Gasteiger partial charge in [0.2, 0.25) is 0 Å². The molecule has 1 nitrogen and oxygen atoms in total. The molecular formula is C10H9ClO. The molecule has 2 heteroatoms. The first kappa shape index (κ1) is 7.81. The van der Waals surface area contributed by atoms with Gasteiger partial charge in [0.05, 0.1) is 0 Å². The molecule has 62 valence electrons. The van der Waals surface area contributed by atoms with Crippen LogP contribution in [0.1, 0.15) is 24.3 Å². The molecular weight excluding hydrogens is 172 g/mol. The van der Waals surface area contributed by atoms with Crippen molar-refractivity contribution >= 4 is 17.4 Å². The van der Waals surface area contributed by atoms with E-state index in [1.807, 2.05) is 24.3 Å². The van der Waals surface area contributed by atoms with Crippen LogP contribution in [0.4, 0.5) is 0 Å². The highest BCUT2D eigenvalue weighted by molar-refractivity contribution is 6.30. The molecule has 1 aliphatic rings. The number of hydrogen-bond acceptors (Lipinski definition) is 1. The number of carbonyl (C=O) groups is 1. The summed E-state index contributed by atoms with van der Waals surface area (Å²) in [4.78, 5) is 11.1. The number of hydrogen-bond donors (Lipinski definition) is 0. The lowest BCUT2D eigenvalue weighted by Crippen LogP contribution is -2.22. The number of rotatable bonds is 1. The summed E-state index contributed by atoms with van der Waals surface area (Å²) in [5, 5.41) is 0.727. The fourth-order valence-corrected chi connectivity index (χ4v) is 1.58. The SMILES string of the molecule is O=C1CC[C@H]1c1ccc(Cl)cc1. The summed E-state index contributed by atoms with van der Waals surface area (Å²) in [7, 11) is 0. The Morgan fingerprint density at radius 1 is 1.25 bits per heavy atom. The monoisotopic (exact) mass is 180 g/mol. The van der Waals surface area contributed by atoms with Crippen LogP contribution in [0.15, 0.2) is 24.3 Å². The van der Waals surface area contributed by atoms with Crippen molar-refractivity contribution in [3.63, 3.8) is 0 Å². The summed E-state index contributed by atoms with van der Waals surface area (Å²) in [5.74, 6) is 0.514. The van der Waals surface area contributed by atoms with Crippen LogP contribution < -0.4 is 0 Å². The Bertz CT molecular complexity index is 302. The van der Waals surface area contributed by atoms with Crippen LogP contribution >= 0.6 is 11.6 Å². The third kappa shape index (κ3) is 1.25. The van der Waals surface area contributed by atoms with Crippen LogP contribution in [0.5, 0.6) is 0 Å². The van der Waals surface area contributed by atoms with E-state index in [9.17, 15) is 4.79 Å². The molecule has 0 amide bonds. The number of carbonyl (C=O) groups excluding carboxylic acids is 1. The minimum atomic E-state index is 0.155. The van der Waals surface area contributed by atoms with E-state index in [0.717, 1.165) is 23.4 Å². The third-order valence-corrected chi connectivity index (χ3v) is 2.59. The molecule has 0 saturated heterocycles. The lowest BCUT2D eigenvalue weighted by molar-refractivity contribution is -0.125.